The van der Waals surface area contributed by atoms with Crippen molar-refractivity contribution in [2.45, 2.75) is 24.9 Å². The highest BCUT2D eigenvalue weighted by Gasteiger charge is 2.52. The first-order valence-electron chi connectivity index (χ1n) is 9.66. The monoisotopic (exact) mass is 456 g/mol. The Bertz CT molecular complexity index is 1140. The second-order valence-corrected chi connectivity index (χ2v) is 8.45. The first-order valence-corrected chi connectivity index (χ1v) is 10.4. The standard InChI is InChI=1S/C23H22Cl2N4O2/c1-22(14-5-9-16(24)10-6-14)23(2,15-7-11-17(25)12-8-15)29-19(28-22)18-13-26-21(31-4)27-20(18)30-3/h5-13H,1-4H3,(H,28,29)/t22-,23+. The van der Waals surface area contributed by atoms with E-state index in [0.717, 1.165) is 11.1 Å². The molecule has 0 amide bonds. The van der Waals surface area contributed by atoms with E-state index in [-0.39, 0.29) is 6.01 Å². The molecule has 0 fully saturated rings. The van der Waals surface area contributed by atoms with Crippen molar-refractivity contribution in [2.24, 2.45) is 4.99 Å². The van der Waals surface area contributed by atoms with Crippen molar-refractivity contribution < 1.29 is 9.47 Å². The summed E-state index contributed by atoms with van der Waals surface area (Å²) in [6.07, 6.45) is 1.65. The molecule has 1 aromatic heterocycles. The van der Waals surface area contributed by atoms with Crippen molar-refractivity contribution in [3.8, 4) is 11.9 Å². The van der Waals surface area contributed by atoms with E-state index >= 15 is 0 Å². The molecule has 8 heteroatoms. The molecule has 0 saturated carbocycles. The molecule has 1 N–H and O–H groups in total. The molecule has 0 saturated heterocycles. The van der Waals surface area contributed by atoms with Crippen LogP contribution >= 0.6 is 23.2 Å². The fourth-order valence-corrected chi connectivity index (χ4v) is 4.13. The largest absolute Gasteiger partial charge is 0.480 e. The third kappa shape index (κ3) is 3.60. The number of nitrogens with one attached hydrogen (secondary N) is 1. The second kappa shape index (κ2) is 8.02. The van der Waals surface area contributed by atoms with Crippen LogP contribution in [0.1, 0.15) is 30.5 Å². The van der Waals surface area contributed by atoms with Crippen LogP contribution in [0.2, 0.25) is 10.0 Å². The minimum atomic E-state index is -0.675. The van der Waals surface area contributed by atoms with E-state index in [4.69, 9.17) is 37.7 Å². The van der Waals surface area contributed by atoms with Crippen molar-refractivity contribution >= 4 is 29.0 Å². The topological polar surface area (TPSA) is 68.6 Å². The minimum absolute atomic E-state index is 0.222. The maximum absolute atomic E-state index is 6.15. The van der Waals surface area contributed by atoms with Gasteiger partial charge in [-0.1, -0.05) is 47.5 Å². The summed E-state index contributed by atoms with van der Waals surface area (Å²) in [4.78, 5) is 13.7. The maximum atomic E-state index is 6.15. The zero-order valence-corrected chi connectivity index (χ0v) is 19.1. The van der Waals surface area contributed by atoms with Gasteiger partial charge < -0.3 is 14.8 Å². The SMILES string of the molecule is COc1ncc(C2=N[C@@](C)(c3ccc(Cl)cc3)[C@@](C)(c3ccc(Cl)cc3)N2)c(OC)n1. The highest BCUT2D eigenvalue weighted by molar-refractivity contribution is 6.30. The van der Waals surface area contributed by atoms with Gasteiger partial charge in [0.2, 0.25) is 5.88 Å². The average Bonchev–Trinajstić information content (AvgIpc) is 3.06. The summed E-state index contributed by atoms with van der Waals surface area (Å²) in [7, 11) is 3.06. The van der Waals surface area contributed by atoms with Crippen molar-refractivity contribution in [3.63, 3.8) is 0 Å². The Morgan fingerprint density at radius 2 is 1.42 bits per heavy atom. The van der Waals surface area contributed by atoms with Crippen molar-refractivity contribution in [1.29, 1.82) is 0 Å². The van der Waals surface area contributed by atoms with Crippen molar-refractivity contribution in [2.75, 3.05) is 14.2 Å². The number of ether oxygens (including phenoxy) is 2. The Balaban J connectivity index is 1.90. The number of nitrogens with zero attached hydrogens (tertiary/aromatic N) is 3. The normalized spacial score (nSPS) is 22.6. The van der Waals surface area contributed by atoms with Gasteiger partial charge in [-0.25, -0.2) is 4.98 Å². The third-order valence-electron chi connectivity index (χ3n) is 5.87. The van der Waals surface area contributed by atoms with Crippen LogP contribution in [0.4, 0.5) is 0 Å². The molecule has 31 heavy (non-hydrogen) atoms. The molecule has 0 spiro atoms. The van der Waals surface area contributed by atoms with E-state index in [1.807, 2.05) is 48.5 Å². The molecule has 0 aliphatic carbocycles. The van der Waals surface area contributed by atoms with Gasteiger partial charge in [0.15, 0.2) is 0 Å². The van der Waals surface area contributed by atoms with E-state index in [2.05, 4.69) is 29.1 Å². The van der Waals surface area contributed by atoms with Crippen LogP contribution in [0.25, 0.3) is 0 Å². The number of hydrogen-bond acceptors (Lipinski definition) is 6. The van der Waals surface area contributed by atoms with Gasteiger partial charge in [0.25, 0.3) is 0 Å². The summed E-state index contributed by atoms with van der Waals surface area (Å²) in [5.41, 5.74) is 1.39. The van der Waals surface area contributed by atoms with Crippen LogP contribution in [0.3, 0.4) is 0 Å². The Morgan fingerprint density at radius 1 is 0.839 bits per heavy atom. The quantitative estimate of drug-likeness (QED) is 0.585. The molecule has 1 aliphatic rings. The summed E-state index contributed by atoms with van der Waals surface area (Å²) >= 11 is 12.3. The lowest BCUT2D eigenvalue weighted by Gasteiger charge is -2.40. The smallest absolute Gasteiger partial charge is 0.319 e. The van der Waals surface area contributed by atoms with Crippen LogP contribution in [0.15, 0.2) is 59.7 Å². The Morgan fingerprint density at radius 3 is 1.97 bits per heavy atom. The maximum Gasteiger partial charge on any atom is 0.319 e. The van der Waals surface area contributed by atoms with Gasteiger partial charge in [-0.3, -0.25) is 4.99 Å². The summed E-state index contributed by atoms with van der Waals surface area (Å²) in [6, 6.07) is 15.7. The fraction of sp³-hybridized carbons (Fsp3) is 0.261. The molecule has 2 aromatic carbocycles. The molecule has 6 nitrogen and oxygen atoms in total. The third-order valence-corrected chi connectivity index (χ3v) is 6.37. The zero-order valence-electron chi connectivity index (χ0n) is 17.6. The van der Waals surface area contributed by atoms with Crippen LogP contribution in [-0.2, 0) is 11.1 Å². The number of rotatable bonds is 5. The summed E-state index contributed by atoms with van der Waals surface area (Å²) < 4.78 is 10.6. The summed E-state index contributed by atoms with van der Waals surface area (Å²) in [5.74, 6) is 0.992. The van der Waals surface area contributed by atoms with E-state index < -0.39 is 11.1 Å². The summed E-state index contributed by atoms with van der Waals surface area (Å²) in [6.45, 7) is 4.19. The lowest BCUT2D eigenvalue weighted by Crippen LogP contribution is -2.50. The zero-order chi connectivity index (χ0) is 22.2. The van der Waals surface area contributed by atoms with Gasteiger partial charge in [0.05, 0.1) is 25.3 Å². The number of methoxy groups -OCH3 is 2. The molecule has 1 aliphatic heterocycles. The molecule has 2 atom stereocenters. The van der Waals surface area contributed by atoms with Gasteiger partial charge in [-0.2, -0.15) is 4.98 Å². The minimum Gasteiger partial charge on any atom is -0.480 e. The number of benzene rings is 2. The molecule has 0 bridgehead atoms. The van der Waals surface area contributed by atoms with Crippen LogP contribution in [0, 0.1) is 0 Å². The van der Waals surface area contributed by atoms with Crippen molar-refractivity contribution in [1.82, 2.24) is 15.3 Å². The van der Waals surface area contributed by atoms with Crippen LogP contribution in [-0.4, -0.2) is 30.0 Å². The van der Waals surface area contributed by atoms with E-state index in [9.17, 15) is 0 Å². The molecule has 0 unspecified atom stereocenters. The van der Waals surface area contributed by atoms with Gasteiger partial charge in [-0.15, -0.1) is 0 Å². The number of amidine groups is 1. The van der Waals surface area contributed by atoms with Gasteiger partial charge in [-0.05, 0) is 49.2 Å². The molecule has 160 valence electrons. The highest BCUT2D eigenvalue weighted by Crippen LogP contribution is 2.48. The summed E-state index contributed by atoms with van der Waals surface area (Å²) in [5, 5.41) is 4.95. The molecule has 3 aromatic rings. The number of halogens is 2. The number of aromatic nitrogens is 2. The Hall–Kier alpha value is -2.83. The Labute approximate surface area is 191 Å². The first-order chi connectivity index (χ1) is 14.8. The second-order valence-electron chi connectivity index (χ2n) is 7.58. The molecule has 4 rings (SSSR count). The van der Waals surface area contributed by atoms with E-state index in [1.54, 1.807) is 13.3 Å². The Kier molecular flexibility index (Phi) is 5.54. The predicted octanol–water partition coefficient (Wildman–Crippen LogP) is 4.98. The lowest BCUT2D eigenvalue weighted by molar-refractivity contribution is 0.268. The van der Waals surface area contributed by atoms with Gasteiger partial charge in [0.1, 0.15) is 11.4 Å². The molecule has 2 heterocycles. The van der Waals surface area contributed by atoms with E-state index in [0.29, 0.717) is 27.3 Å². The van der Waals surface area contributed by atoms with Crippen molar-refractivity contribution in [3.05, 3.63) is 81.5 Å². The number of hydrogen-bond donors (Lipinski definition) is 1. The van der Waals surface area contributed by atoms with E-state index in [1.165, 1.54) is 7.11 Å². The average molecular weight is 457 g/mol. The molecular formula is C23H22Cl2N4O2. The molecular weight excluding hydrogens is 435 g/mol. The van der Waals surface area contributed by atoms with Crippen LogP contribution in [0.5, 0.6) is 11.9 Å². The first kappa shape index (κ1) is 21.4. The number of aliphatic imine (C=N–C) groups is 1. The lowest BCUT2D eigenvalue weighted by atomic mass is 9.72. The highest BCUT2D eigenvalue weighted by atomic mass is 35.5. The van der Waals surface area contributed by atoms with Gasteiger partial charge in [0, 0.05) is 16.2 Å². The van der Waals surface area contributed by atoms with Gasteiger partial charge >= 0.3 is 6.01 Å². The molecule has 0 radical (unpaired) electrons. The fourth-order valence-electron chi connectivity index (χ4n) is 3.88. The predicted molar refractivity (Wildman–Crippen MR) is 122 cm³/mol. The van der Waals surface area contributed by atoms with Crippen LogP contribution < -0.4 is 14.8 Å².